The molecule has 0 heterocycles. The summed E-state index contributed by atoms with van der Waals surface area (Å²) in [5, 5.41) is 7.87. The number of rotatable bonds is 10. The molecule has 35 heavy (non-hydrogen) atoms. The van der Waals surface area contributed by atoms with E-state index in [0.29, 0.717) is 6.42 Å². The summed E-state index contributed by atoms with van der Waals surface area (Å²) in [5.74, 6) is 4.59. The van der Waals surface area contributed by atoms with Gasteiger partial charge in [0.1, 0.15) is 0 Å². The third-order valence-electron chi connectivity index (χ3n) is 5.25. The molecule has 8 heteroatoms. The Morgan fingerprint density at radius 1 is 0.914 bits per heavy atom. The zero-order chi connectivity index (χ0) is 25.0. The molecule has 0 saturated heterocycles. The third-order valence-corrected chi connectivity index (χ3v) is 5.25. The average Bonchev–Trinajstić information content (AvgIpc) is 2.85. The number of hydrazine groups is 1. The predicted molar refractivity (Wildman–Crippen MR) is 137 cm³/mol. The van der Waals surface area contributed by atoms with Gasteiger partial charge < -0.3 is 15.8 Å². The van der Waals surface area contributed by atoms with E-state index in [1.54, 1.807) is 6.92 Å². The maximum absolute atomic E-state index is 12.7. The Balaban J connectivity index is 1.66. The van der Waals surface area contributed by atoms with Gasteiger partial charge >= 0.3 is 5.97 Å². The summed E-state index contributed by atoms with van der Waals surface area (Å²) in [7, 11) is 0. The standard InChI is InChI=1S/C27H31N5O3/c1-2-35-25(33)18-24(17-20-13-15-23(16-14-20)22-11-7-4-8-12-22)30-27(34)26(28)31-32(29)19-21-9-5-3-6-10-21/h3-16,24H,2,17-19,29H2,1H3,(H2,28,31)(H,30,34). The Labute approximate surface area is 205 Å². The number of hydrazone groups is 1. The number of amides is 1. The predicted octanol–water partition coefficient (Wildman–Crippen LogP) is 2.98. The summed E-state index contributed by atoms with van der Waals surface area (Å²) in [6.07, 6.45) is 0.424. The molecule has 3 aromatic carbocycles. The molecule has 3 rings (SSSR count). The van der Waals surface area contributed by atoms with Crippen molar-refractivity contribution in [2.45, 2.75) is 32.4 Å². The van der Waals surface area contributed by atoms with Crippen LogP contribution in [0.2, 0.25) is 0 Å². The molecule has 0 spiro atoms. The number of esters is 1. The second kappa shape index (κ2) is 12.9. The van der Waals surface area contributed by atoms with Gasteiger partial charge in [0, 0.05) is 6.04 Å². The molecule has 0 aromatic heterocycles. The van der Waals surface area contributed by atoms with E-state index in [-0.39, 0.29) is 25.4 Å². The summed E-state index contributed by atoms with van der Waals surface area (Å²) in [4.78, 5) is 24.9. The zero-order valence-corrected chi connectivity index (χ0v) is 19.8. The van der Waals surface area contributed by atoms with Gasteiger partial charge in [0.05, 0.1) is 19.6 Å². The molecule has 3 aromatic rings. The minimum atomic E-state index is -0.608. The normalized spacial score (nSPS) is 12.0. The fourth-order valence-electron chi connectivity index (χ4n) is 3.59. The number of nitrogens with two attached hydrogens (primary N) is 2. The van der Waals surface area contributed by atoms with Gasteiger partial charge in [-0.15, -0.1) is 5.10 Å². The molecule has 8 nitrogen and oxygen atoms in total. The highest BCUT2D eigenvalue weighted by molar-refractivity contribution is 6.37. The van der Waals surface area contributed by atoms with Crippen LogP contribution in [0.3, 0.4) is 0 Å². The van der Waals surface area contributed by atoms with Gasteiger partial charge in [-0.25, -0.2) is 11.0 Å². The van der Waals surface area contributed by atoms with E-state index in [0.717, 1.165) is 27.4 Å². The van der Waals surface area contributed by atoms with Crippen molar-refractivity contribution in [2.24, 2.45) is 16.7 Å². The smallest absolute Gasteiger partial charge is 0.307 e. The molecule has 1 unspecified atom stereocenters. The molecule has 0 radical (unpaired) electrons. The number of amidine groups is 1. The maximum Gasteiger partial charge on any atom is 0.307 e. The lowest BCUT2D eigenvalue weighted by Gasteiger charge is -2.19. The van der Waals surface area contributed by atoms with Crippen LogP contribution in [0.5, 0.6) is 0 Å². The quantitative estimate of drug-likeness (QED) is 0.137. The van der Waals surface area contributed by atoms with Crippen molar-refractivity contribution in [3.63, 3.8) is 0 Å². The van der Waals surface area contributed by atoms with Crippen molar-refractivity contribution in [3.05, 3.63) is 96.1 Å². The average molecular weight is 474 g/mol. The van der Waals surface area contributed by atoms with E-state index < -0.39 is 17.9 Å². The minimum absolute atomic E-state index is 0.00362. The first-order chi connectivity index (χ1) is 16.9. The molecule has 0 aliphatic carbocycles. The van der Waals surface area contributed by atoms with E-state index >= 15 is 0 Å². The zero-order valence-electron chi connectivity index (χ0n) is 19.8. The first-order valence-corrected chi connectivity index (χ1v) is 11.5. The summed E-state index contributed by atoms with van der Waals surface area (Å²) < 4.78 is 5.08. The highest BCUT2D eigenvalue weighted by Gasteiger charge is 2.20. The topological polar surface area (TPSA) is 123 Å². The van der Waals surface area contributed by atoms with E-state index in [2.05, 4.69) is 10.4 Å². The lowest BCUT2D eigenvalue weighted by molar-refractivity contribution is -0.143. The van der Waals surface area contributed by atoms with E-state index in [1.165, 1.54) is 0 Å². The molecule has 0 saturated carbocycles. The summed E-state index contributed by atoms with van der Waals surface area (Å²) in [6, 6.07) is 26.9. The van der Waals surface area contributed by atoms with Gasteiger partial charge in [0.2, 0.25) is 5.84 Å². The maximum atomic E-state index is 12.7. The van der Waals surface area contributed by atoms with E-state index in [9.17, 15) is 9.59 Å². The molecule has 5 N–H and O–H groups in total. The van der Waals surface area contributed by atoms with Gasteiger partial charge in [-0.2, -0.15) is 0 Å². The first kappa shape index (κ1) is 25.5. The second-order valence-electron chi connectivity index (χ2n) is 8.02. The number of hydrogen-bond acceptors (Lipinski definition) is 6. The molecule has 0 bridgehead atoms. The molecular weight excluding hydrogens is 442 g/mol. The fourth-order valence-corrected chi connectivity index (χ4v) is 3.59. The van der Waals surface area contributed by atoms with Crippen molar-refractivity contribution < 1.29 is 14.3 Å². The number of ether oxygens (including phenoxy) is 1. The second-order valence-corrected chi connectivity index (χ2v) is 8.02. The fraction of sp³-hybridized carbons (Fsp3) is 0.222. The SMILES string of the molecule is CCOC(=O)CC(Cc1ccc(-c2ccccc2)cc1)NC(=O)C(N)=NN(N)Cc1ccccc1. The molecular formula is C27H31N5O3. The number of nitrogens with one attached hydrogen (secondary N) is 1. The van der Waals surface area contributed by atoms with Crippen LogP contribution in [0.15, 0.2) is 90.0 Å². The number of carbonyl (C=O) groups is 2. The van der Waals surface area contributed by atoms with Crippen molar-refractivity contribution in [2.75, 3.05) is 6.61 Å². The Morgan fingerprint density at radius 3 is 2.14 bits per heavy atom. The summed E-state index contributed by atoms with van der Waals surface area (Å²) in [5.41, 5.74) is 9.96. The van der Waals surface area contributed by atoms with E-state index in [4.69, 9.17) is 16.3 Å². The lowest BCUT2D eigenvalue weighted by Crippen LogP contribution is -2.45. The van der Waals surface area contributed by atoms with E-state index in [1.807, 2.05) is 84.9 Å². The van der Waals surface area contributed by atoms with Gasteiger partial charge in [0.25, 0.3) is 5.91 Å². The number of benzene rings is 3. The molecule has 0 aliphatic rings. The Morgan fingerprint density at radius 2 is 1.51 bits per heavy atom. The lowest BCUT2D eigenvalue weighted by atomic mass is 9.99. The summed E-state index contributed by atoms with van der Waals surface area (Å²) >= 11 is 0. The number of carbonyl (C=O) groups excluding carboxylic acids is 2. The van der Waals surface area contributed by atoms with Gasteiger partial charge in [0.15, 0.2) is 0 Å². The molecule has 0 aliphatic heterocycles. The molecule has 0 fully saturated rings. The Hall–Kier alpha value is -4.17. The minimum Gasteiger partial charge on any atom is -0.466 e. The van der Waals surface area contributed by atoms with Gasteiger partial charge in [-0.3, -0.25) is 9.59 Å². The van der Waals surface area contributed by atoms with Gasteiger partial charge in [-0.1, -0.05) is 84.9 Å². The van der Waals surface area contributed by atoms with Crippen LogP contribution < -0.4 is 16.9 Å². The Bertz CT molecular complexity index is 1120. The van der Waals surface area contributed by atoms with Crippen LogP contribution in [-0.4, -0.2) is 35.5 Å². The van der Waals surface area contributed by atoms with Crippen molar-refractivity contribution in [1.29, 1.82) is 0 Å². The largest absolute Gasteiger partial charge is 0.466 e. The highest BCUT2D eigenvalue weighted by Crippen LogP contribution is 2.20. The molecule has 182 valence electrons. The van der Waals surface area contributed by atoms with Crippen molar-refractivity contribution in [3.8, 4) is 11.1 Å². The summed E-state index contributed by atoms with van der Waals surface area (Å²) in [6.45, 7) is 2.28. The van der Waals surface area contributed by atoms with Crippen molar-refractivity contribution in [1.82, 2.24) is 10.4 Å². The van der Waals surface area contributed by atoms with Crippen LogP contribution in [0.4, 0.5) is 0 Å². The van der Waals surface area contributed by atoms with Gasteiger partial charge in [-0.05, 0) is 35.6 Å². The van der Waals surface area contributed by atoms with Crippen molar-refractivity contribution >= 4 is 17.7 Å². The first-order valence-electron chi connectivity index (χ1n) is 11.5. The van der Waals surface area contributed by atoms with Crippen LogP contribution in [0.1, 0.15) is 24.5 Å². The highest BCUT2D eigenvalue weighted by atomic mass is 16.5. The van der Waals surface area contributed by atoms with Crippen LogP contribution in [0, 0.1) is 0 Å². The molecule has 1 amide bonds. The molecule has 1 atom stereocenters. The van der Waals surface area contributed by atoms with Crippen LogP contribution >= 0.6 is 0 Å². The Kier molecular flexibility index (Phi) is 9.39. The monoisotopic (exact) mass is 473 g/mol. The number of hydrogen-bond donors (Lipinski definition) is 3. The number of nitrogens with zero attached hydrogens (tertiary/aromatic N) is 2. The van der Waals surface area contributed by atoms with Crippen LogP contribution in [-0.2, 0) is 27.3 Å². The van der Waals surface area contributed by atoms with Crippen LogP contribution in [0.25, 0.3) is 11.1 Å². The third kappa shape index (κ3) is 8.28.